The maximum absolute atomic E-state index is 5.43. The number of rotatable bonds is 9. The van der Waals surface area contributed by atoms with Crippen LogP contribution in [-0.4, -0.2) is 32.1 Å². The summed E-state index contributed by atoms with van der Waals surface area (Å²) in [5.74, 6) is 0. The number of hydrogen-bond donors (Lipinski definition) is 1. The van der Waals surface area contributed by atoms with Gasteiger partial charge in [0.1, 0.15) is 0 Å². The molecule has 0 aromatic carbocycles. The topological polar surface area (TPSA) is 30.5 Å². The molecule has 0 aromatic heterocycles. The molecule has 3 nitrogen and oxygen atoms in total. The SMILES string of the molecule is CCCC(C)NCC(OCC)OCC. The summed E-state index contributed by atoms with van der Waals surface area (Å²) in [5.41, 5.74) is 0. The number of hydrogen-bond acceptors (Lipinski definition) is 3. The normalized spacial score (nSPS) is 13.5. The Morgan fingerprint density at radius 3 is 2.07 bits per heavy atom. The van der Waals surface area contributed by atoms with Crippen molar-refractivity contribution in [3.8, 4) is 0 Å². The van der Waals surface area contributed by atoms with Gasteiger partial charge >= 0.3 is 0 Å². The van der Waals surface area contributed by atoms with E-state index in [9.17, 15) is 0 Å². The third-order valence-electron chi connectivity index (χ3n) is 2.06. The predicted octanol–water partition coefficient (Wildman–Crippen LogP) is 2.16. The number of nitrogens with one attached hydrogen (secondary N) is 1. The molecule has 0 saturated heterocycles. The van der Waals surface area contributed by atoms with Crippen molar-refractivity contribution in [2.75, 3.05) is 19.8 Å². The molecule has 3 heteroatoms. The van der Waals surface area contributed by atoms with E-state index in [4.69, 9.17) is 9.47 Å². The minimum atomic E-state index is -0.0932. The third kappa shape index (κ3) is 7.30. The molecule has 0 spiro atoms. The van der Waals surface area contributed by atoms with Crippen LogP contribution in [0.15, 0.2) is 0 Å². The molecule has 0 aliphatic heterocycles. The molecule has 0 rings (SSSR count). The summed E-state index contributed by atoms with van der Waals surface area (Å²) in [6.45, 7) is 10.5. The number of ether oxygens (including phenoxy) is 2. The van der Waals surface area contributed by atoms with Crippen LogP contribution in [0.5, 0.6) is 0 Å². The molecule has 0 aliphatic carbocycles. The van der Waals surface area contributed by atoms with Crippen LogP contribution in [0.2, 0.25) is 0 Å². The van der Waals surface area contributed by atoms with Crippen LogP contribution in [0.1, 0.15) is 40.5 Å². The molecule has 0 fully saturated rings. The molecule has 0 saturated carbocycles. The van der Waals surface area contributed by atoms with Gasteiger partial charge in [-0.1, -0.05) is 13.3 Å². The Labute approximate surface area is 88.2 Å². The van der Waals surface area contributed by atoms with Crippen LogP contribution in [0, 0.1) is 0 Å². The van der Waals surface area contributed by atoms with E-state index in [1.807, 2.05) is 13.8 Å². The first-order valence-electron chi connectivity index (χ1n) is 5.71. The standard InChI is InChI=1S/C11H25NO2/c1-5-8-10(4)12-9-11(13-6-2)14-7-3/h10-12H,5-9H2,1-4H3. The van der Waals surface area contributed by atoms with E-state index in [1.165, 1.54) is 12.8 Å². The highest BCUT2D eigenvalue weighted by Crippen LogP contribution is 1.98. The Balaban J connectivity index is 3.57. The van der Waals surface area contributed by atoms with Crippen molar-refractivity contribution in [3.05, 3.63) is 0 Å². The van der Waals surface area contributed by atoms with Crippen LogP contribution >= 0.6 is 0 Å². The molecular weight excluding hydrogens is 178 g/mol. The second-order valence-electron chi connectivity index (χ2n) is 3.44. The van der Waals surface area contributed by atoms with E-state index in [0.29, 0.717) is 19.3 Å². The van der Waals surface area contributed by atoms with Crippen molar-refractivity contribution in [1.29, 1.82) is 0 Å². The van der Waals surface area contributed by atoms with Crippen LogP contribution in [-0.2, 0) is 9.47 Å². The first-order chi connectivity index (χ1) is 6.74. The van der Waals surface area contributed by atoms with Crippen LogP contribution in [0.4, 0.5) is 0 Å². The maximum Gasteiger partial charge on any atom is 0.169 e. The Morgan fingerprint density at radius 1 is 1.07 bits per heavy atom. The van der Waals surface area contributed by atoms with Gasteiger partial charge < -0.3 is 14.8 Å². The highest BCUT2D eigenvalue weighted by Gasteiger charge is 2.08. The maximum atomic E-state index is 5.43. The molecule has 0 radical (unpaired) electrons. The Morgan fingerprint density at radius 2 is 1.64 bits per heavy atom. The van der Waals surface area contributed by atoms with Crippen molar-refractivity contribution in [1.82, 2.24) is 5.32 Å². The van der Waals surface area contributed by atoms with Gasteiger partial charge in [-0.15, -0.1) is 0 Å². The van der Waals surface area contributed by atoms with Gasteiger partial charge in [0.25, 0.3) is 0 Å². The fourth-order valence-corrected chi connectivity index (χ4v) is 1.37. The van der Waals surface area contributed by atoms with Gasteiger partial charge in [-0.3, -0.25) is 0 Å². The Hall–Kier alpha value is -0.120. The van der Waals surface area contributed by atoms with E-state index < -0.39 is 0 Å². The summed E-state index contributed by atoms with van der Waals surface area (Å²) in [6, 6.07) is 0.545. The van der Waals surface area contributed by atoms with Gasteiger partial charge in [0.05, 0.1) is 0 Å². The second kappa shape index (κ2) is 9.44. The fraction of sp³-hybridized carbons (Fsp3) is 1.00. The fourth-order valence-electron chi connectivity index (χ4n) is 1.37. The largest absolute Gasteiger partial charge is 0.352 e. The summed E-state index contributed by atoms with van der Waals surface area (Å²) in [4.78, 5) is 0. The van der Waals surface area contributed by atoms with Gasteiger partial charge in [0.15, 0.2) is 6.29 Å². The molecular formula is C11H25NO2. The average Bonchev–Trinajstić information content (AvgIpc) is 2.15. The lowest BCUT2D eigenvalue weighted by molar-refractivity contribution is -0.133. The molecule has 1 N–H and O–H groups in total. The zero-order chi connectivity index (χ0) is 10.8. The van der Waals surface area contributed by atoms with Crippen LogP contribution in [0.3, 0.4) is 0 Å². The summed E-state index contributed by atoms with van der Waals surface area (Å²) < 4.78 is 10.9. The Bertz CT molecular complexity index is 114. The highest BCUT2D eigenvalue weighted by molar-refractivity contribution is 4.61. The van der Waals surface area contributed by atoms with E-state index in [0.717, 1.165) is 6.54 Å². The molecule has 86 valence electrons. The third-order valence-corrected chi connectivity index (χ3v) is 2.06. The minimum Gasteiger partial charge on any atom is -0.352 e. The molecule has 14 heavy (non-hydrogen) atoms. The first kappa shape index (κ1) is 13.9. The van der Waals surface area contributed by atoms with Crippen LogP contribution in [0.25, 0.3) is 0 Å². The average molecular weight is 203 g/mol. The van der Waals surface area contributed by atoms with Crippen molar-refractivity contribution >= 4 is 0 Å². The molecule has 0 bridgehead atoms. The lowest BCUT2D eigenvalue weighted by Gasteiger charge is -2.20. The van der Waals surface area contributed by atoms with E-state index in [-0.39, 0.29) is 6.29 Å². The van der Waals surface area contributed by atoms with Gasteiger partial charge in [0, 0.05) is 25.8 Å². The summed E-state index contributed by atoms with van der Waals surface area (Å²) in [5, 5.41) is 3.40. The van der Waals surface area contributed by atoms with E-state index >= 15 is 0 Å². The van der Waals surface area contributed by atoms with Gasteiger partial charge in [-0.2, -0.15) is 0 Å². The van der Waals surface area contributed by atoms with Crippen LogP contribution < -0.4 is 5.32 Å². The van der Waals surface area contributed by atoms with Crippen molar-refractivity contribution < 1.29 is 9.47 Å². The van der Waals surface area contributed by atoms with Gasteiger partial charge in [-0.05, 0) is 27.2 Å². The predicted molar refractivity (Wildman–Crippen MR) is 59.4 cm³/mol. The Kier molecular flexibility index (Phi) is 9.35. The van der Waals surface area contributed by atoms with Crippen molar-refractivity contribution in [2.24, 2.45) is 0 Å². The quantitative estimate of drug-likeness (QED) is 0.583. The summed E-state index contributed by atoms with van der Waals surface area (Å²) in [6.07, 6.45) is 2.32. The van der Waals surface area contributed by atoms with Gasteiger partial charge in [0.2, 0.25) is 0 Å². The van der Waals surface area contributed by atoms with E-state index in [2.05, 4.69) is 19.2 Å². The lowest BCUT2D eigenvalue weighted by atomic mass is 10.2. The van der Waals surface area contributed by atoms with Gasteiger partial charge in [-0.25, -0.2) is 0 Å². The van der Waals surface area contributed by atoms with Crippen molar-refractivity contribution in [2.45, 2.75) is 52.9 Å². The van der Waals surface area contributed by atoms with E-state index in [1.54, 1.807) is 0 Å². The summed E-state index contributed by atoms with van der Waals surface area (Å²) in [7, 11) is 0. The molecule has 0 aliphatic rings. The zero-order valence-electron chi connectivity index (χ0n) is 10.0. The molecule has 1 unspecified atom stereocenters. The molecule has 0 aromatic rings. The first-order valence-corrected chi connectivity index (χ1v) is 5.71. The lowest BCUT2D eigenvalue weighted by Crippen LogP contribution is -2.36. The highest BCUT2D eigenvalue weighted by atomic mass is 16.7. The second-order valence-corrected chi connectivity index (χ2v) is 3.44. The molecule has 0 heterocycles. The van der Waals surface area contributed by atoms with Crippen molar-refractivity contribution in [3.63, 3.8) is 0 Å². The molecule has 1 atom stereocenters. The molecule has 0 amide bonds. The minimum absolute atomic E-state index is 0.0932. The monoisotopic (exact) mass is 203 g/mol. The summed E-state index contributed by atoms with van der Waals surface area (Å²) >= 11 is 0. The smallest absolute Gasteiger partial charge is 0.169 e. The zero-order valence-corrected chi connectivity index (χ0v) is 10.0.